The molecule has 0 saturated heterocycles. The second kappa shape index (κ2) is 14.1. The molecule has 0 radical (unpaired) electrons. The first-order valence-electron chi connectivity index (χ1n) is 9.72. The fourth-order valence-electron chi connectivity index (χ4n) is 3.20. The maximum atomic E-state index is 5.21. The van der Waals surface area contributed by atoms with Gasteiger partial charge in [-0.25, -0.2) is 0 Å². The Morgan fingerprint density at radius 1 is 0.923 bits per heavy atom. The SMILES string of the molecule is COC(CCCCC/C=C\CCCc1cc(PI)c(C)c(C)c1C)OC. The van der Waals surface area contributed by atoms with Crippen molar-refractivity contribution in [3.63, 3.8) is 0 Å². The summed E-state index contributed by atoms with van der Waals surface area (Å²) < 4.78 is 10.4. The van der Waals surface area contributed by atoms with Crippen LogP contribution in [0.4, 0.5) is 0 Å². The van der Waals surface area contributed by atoms with E-state index in [4.69, 9.17) is 9.47 Å². The largest absolute Gasteiger partial charge is 0.356 e. The van der Waals surface area contributed by atoms with Crippen LogP contribution in [0.25, 0.3) is 0 Å². The zero-order valence-corrected chi connectivity index (χ0v) is 20.3. The molecule has 148 valence electrons. The van der Waals surface area contributed by atoms with Crippen molar-refractivity contribution in [3.8, 4) is 0 Å². The topological polar surface area (TPSA) is 18.5 Å². The van der Waals surface area contributed by atoms with Crippen molar-refractivity contribution in [2.45, 2.75) is 78.4 Å². The molecule has 0 spiro atoms. The van der Waals surface area contributed by atoms with E-state index in [1.807, 2.05) is 0 Å². The lowest BCUT2D eigenvalue weighted by Crippen LogP contribution is -2.12. The third kappa shape index (κ3) is 8.37. The number of aryl methyl sites for hydroxylation is 1. The number of hydrogen-bond donors (Lipinski definition) is 0. The zero-order valence-electron chi connectivity index (χ0n) is 17.2. The molecule has 0 aliphatic rings. The van der Waals surface area contributed by atoms with E-state index in [1.54, 1.807) is 19.8 Å². The molecular weight excluding hydrogens is 454 g/mol. The maximum absolute atomic E-state index is 5.21. The summed E-state index contributed by atoms with van der Waals surface area (Å²) >= 11 is 2.50. The van der Waals surface area contributed by atoms with Crippen LogP contribution < -0.4 is 5.30 Å². The van der Waals surface area contributed by atoms with E-state index in [0.29, 0.717) is 0 Å². The van der Waals surface area contributed by atoms with E-state index in [0.717, 1.165) is 12.6 Å². The molecule has 0 amide bonds. The van der Waals surface area contributed by atoms with Crippen molar-refractivity contribution in [2.75, 3.05) is 14.2 Å². The smallest absolute Gasteiger partial charge is 0.156 e. The molecule has 1 aromatic rings. The van der Waals surface area contributed by atoms with Gasteiger partial charge in [-0.3, -0.25) is 0 Å². The van der Waals surface area contributed by atoms with Gasteiger partial charge in [-0.05, 0) is 99.5 Å². The first-order chi connectivity index (χ1) is 12.5. The monoisotopic (exact) mass is 490 g/mol. The number of ether oxygens (including phenoxy) is 2. The van der Waals surface area contributed by atoms with Crippen LogP contribution in [0.15, 0.2) is 18.2 Å². The van der Waals surface area contributed by atoms with Gasteiger partial charge in [0.2, 0.25) is 0 Å². The Hall–Kier alpha value is 0.0400. The molecule has 0 N–H and O–H groups in total. The Kier molecular flexibility index (Phi) is 13.1. The molecule has 1 aromatic carbocycles. The average Bonchev–Trinajstić information content (AvgIpc) is 2.66. The molecule has 0 aliphatic heterocycles. The van der Waals surface area contributed by atoms with Crippen molar-refractivity contribution in [3.05, 3.63) is 40.5 Å². The van der Waals surface area contributed by atoms with Gasteiger partial charge in [0.1, 0.15) is 0 Å². The van der Waals surface area contributed by atoms with Crippen LogP contribution >= 0.6 is 28.3 Å². The molecule has 0 aliphatic carbocycles. The van der Waals surface area contributed by atoms with E-state index in [1.165, 1.54) is 66.9 Å². The van der Waals surface area contributed by atoms with Crippen molar-refractivity contribution in [2.24, 2.45) is 0 Å². The standard InChI is InChI=1S/C22H36IO2P/c1-17-18(2)20(16-21(26-23)19(17)3)14-12-10-8-6-7-9-11-13-15-22(24-4)25-5/h6,8,16,22,26H,7,9-15H2,1-5H3/b8-6-. The van der Waals surface area contributed by atoms with Gasteiger partial charge in [0, 0.05) is 14.2 Å². The van der Waals surface area contributed by atoms with Gasteiger partial charge in [-0.15, -0.1) is 0 Å². The summed E-state index contributed by atoms with van der Waals surface area (Å²) in [4.78, 5) is 0. The summed E-state index contributed by atoms with van der Waals surface area (Å²) in [5.74, 6) is 0. The van der Waals surface area contributed by atoms with Crippen LogP contribution in [0.3, 0.4) is 0 Å². The molecule has 0 bridgehead atoms. The molecular formula is C22H36IO2P. The number of allylic oxidation sites excluding steroid dienone is 2. The van der Waals surface area contributed by atoms with Crippen LogP contribution in [0.1, 0.15) is 67.2 Å². The van der Waals surface area contributed by atoms with Crippen molar-refractivity contribution in [1.82, 2.24) is 0 Å². The Bertz CT molecular complexity index is 554. The van der Waals surface area contributed by atoms with E-state index >= 15 is 0 Å². The van der Waals surface area contributed by atoms with Gasteiger partial charge in [-0.2, -0.15) is 0 Å². The highest BCUT2D eigenvalue weighted by molar-refractivity contribution is 14.2. The van der Waals surface area contributed by atoms with Crippen LogP contribution in [0.2, 0.25) is 0 Å². The number of rotatable bonds is 13. The Morgan fingerprint density at radius 3 is 2.19 bits per heavy atom. The van der Waals surface area contributed by atoms with Crippen LogP contribution in [-0.2, 0) is 15.9 Å². The summed E-state index contributed by atoms with van der Waals surface area (Å²) in [5.41, 5.74) is 6.02. The molecule has 1 unspecified atom stereocenters. The van der Waals surface area contributed by atoms with Crippen LogP contribution in [0.5, 0.6) is 0 Å². The minimum Gasteiger partial charge on any atom is -0.356 e. The van der Waals surface area contributed by atoms with E-state index in [-0.39, 0.29) is 6.29 Å². The first kappa shape index (κ1) is 24.1. The number of halogens is 1. The summed E-state index contributed by atoms with van der Waals surface area (Å²) in [7, 11) is 3.42. The van der Waals surface area contributed by atoms with Gasteiger partial charge >= 0.3 is 0 Å². The predicted octanol–water partition coefficient (Wildman–Crippen LogP) is 6.71. The Labute approximate surface area is 175 Å². The molecule has 2 nitrogen and oxygen atoms in total. The lowest BCUT2D eigenvalue weighted by molar-refractivity contribution is -0.107. The van der Waals surface area contributed by atoms with Crippen molar-refractivity contribution >= 4 is 33.6 Å². The third-order valence-electron chi connectivity index (χ3n) is 5.25. The molecule has 4 heteroatoms. The highest BCUT2D eigenvalue weighted by atomic mass is 127. The molecule has 0 saturated carbocycles. The summed E-state index contributed by atoms with van der Waals surface area (Å²) in [6, 6.07) is 2.44. The minimum atomic E-state index is -0.0346. The Morgan fingerprint density at radius 2 is 1.58 bits per heavy atom. The number of methoxy groups -OCH3 is 2. The Balaban J connectivity index is 2.23. The maximum Gasteiger partial charge on any atom is 0.156 e. The first-order valence-corrected chi connectivity index (χ1v) is 13.8. The van der Waals surface area contributed by atoms with E-state index in [2.05, 4.69) is 61.0 Å². The second-order valence-corrected chi connectivity index (χ2v) is 9.30. The second-order valence-electron chi connectivity index (χ2n) is 6.96. The summed E-state index contributed by atoms with van der Waals surface area (Å²) in [5, 5.41) is 1.53. The molecule has 1 atom stereocenters. The highest BCUT2D eigenvalue weighted by Gasteiger charge is 2.08. The van der Waals surface area contributed by atoms with Crippen molar-refractivity contribution in [1.29, 1.82) is 0 Å². The fraction of sp³-hybridized carbons (Fsp3) is 0.636. The van der Waals surface area contributed by atoms with Crippen molar-refractivity contribution < 1.29 is 9.47 Å². The summed E-state index contributed by atoms with van der Waals surface area (Å²) in [6.45, 7) is 6.82. The quantitative estimate of drug-likeness (QED) is 0.101. The van der Waals surface area contributed by atoms with Gasteiger partial charge in [0.05, 0.1) is 0 Å². The molecule has 0 aromatic heterocycles. The lowest BCUT2D eigenvalue weighted by Gasteiger charge is -2.15. The highest BCUT2D eigenvalue weighted by Crippen LogP contribution is 2.27. The van der Waals surface area contributed by atoms with Gasteiger partial charge < -0.3 is 9.47 Å². The van der Waals surface area contributed by atoms with Crippen LogP contribution in [-0.4, -0.2) is 20.5 Å². The predicted molar refractivity (Wildman–Crippen MR) is 126 cm³/mol. The van der Waals surface area contributed by atoms with E-state index < -0.39 is 0 Å². The molecule has 1 rings (SSSR count). The summed E-state index contributed by atoms with van der Waals surface area (Å²) in [6.07, 6.45) is 15.0. The van der Waals surface area contributed by atoms with Crippen LogP contribution in [0, 0.1) is 20.8 Å². The average molecular weight is 490 g/mol. The van der Waals surface area contributed by atoms with E-state index in [9.17, 15) is 0 Å². The number of unbranched alkanes of at least 4 members (excludes halogenated alkanes) is 4. The normalized spacial score (nSPS) is 12.3. The fourth-order valence-corrected chi connectivity index (χ4v) is 5.44. The molecule has 0 fully saturated rings. The molecule has 26 heavy (non-hydrogen) atoms. The zero-order chi connectivity index (χ0) is 19.4. The molecule has 0 heterocycles. The van der Waals surface area contributed by atoms with Gasteiger partial charge in [0.25, 0.3) is 0 Å². The van der Waals surface area contributed by atoms with Gasteiger partial charge in [-0.1, -0.05) is 46.7 Å². The number of hydrogen-bond acceptors (Lipinski definition) is 2. The third-order valence-corrected chi connectivity index (χ3v) is 7.72. The lowest BCUT2D eigenvalue weighted by atomic mass is 9.95. The number of benzene rings is 1. The minimum absolute atomic E-state index is 0.0346. The van der Waals surface area contributed by atoms with Gasteiger partial charge in [0.15, 0.2) is 6.29 Å².